The number of aromatic amines is 2. The van der Waals surface area contributed by atoms with Crippen molar-refractivity contribution < 1.29 is 37.8 Å². The van der Waals surface area contributed by atoms with Gasteiger partial charge in [-0.15, -0.1) is 11.3 Å². The summed E-state index contributed by atoms with van der Waals surface area (Å²) in [5.41, 5.74) is 4.47. The maximum absolute atomic E-state index is 16.9. The Balaban J connectivity index is 0.963. The highest BCUT2D eigenvalue weighted by Gasteiger charge is 2.40. The summed E-state index contributed by atoms with van der Waals surface area (Å²) in [5, 5.41) is 7.32. The van der Waals surface area contributed by atoms with Gasteiger partial charge in [-0.1, -0.05) is 33.8 Å². The number of rotatable bonds is 12. The van der Waals surface area contributed by atoms with Crippen molar-refractivity contribution in [1.29, 1.82) is 0 Å². The number of benzene rings is 2. The average molecular weight is 947 g/mol. The van der Waals surface area contributed by atoms with Crippen molar-refractivity contribution in [2.45, 2.75) is 103 Å². The van der Waals surface area contributed by atoms with Crippen molar-refractivity contribution in [3.8, 4) is 39.5 Å². The lowest BCUT2D eigenvalue weighted by Gasteiger charge is -2.30. The lowest BCUT2D eigenvalue weighted by Crippen LogP contribution is -2.51. The number of H-pyrrole nitrogens is 2. The van der Waals surface area contributed by atoms with E-state index < -0.39 is 36.3 Å². The number of ether oxygens (including phenoxy) is 3. The van der Waals surface area contributed by atoms with Gasteiger partial charge in [-0.3, -0.25) is 14.2 Å². The molecule has 0 bridgehead atoms. The molecule has 17 nitrogen and oxygen atoms in total. The Morgan fingerprint density at radius 2 is 1.49 bits per heavy atom. The fourth-order valence-corrected chi connectivity index (χ4v) is 11.0. The number of carbonyl (C=O) groups is 4. The van der Waals surface area contributed by atoms with Crippen molar-refractivity contribution >= 4 is 46.2 Å². The maximum atomic E-state index is 16.9. The standard InChI is InChI=1S/C49H55FN10O7S/c1-24(2)40(56-48(63)65-5)45(61)58-15-7-9-34(58)42-51-21-31(54-42)27-13-14-33-29(17-27)19-36-39-30(50)18-28(20-37(39)67-47(60(33)36)38-23-53-44(68-38)26-11-12-26)32-22-52-43(55-32)35-10-8-16-59(35)46(62)41(25(3)4)57-49(64)66-6/h13-14,17-26,34-35,40-41,47H,7-12,15-16H2,1-6H3,(H,51,54)(H,52,55)(H,56,63)(H,57,64)/t34-,35-,40-,41-,47?/m0/s1. The number of nitrogens with one attached hydrogen (secondary N) is 4. The first-order valence-electron chi connectivity index (χ1n) is 23.3. The number of hydrogen-bond acceptors (Lipinski definition) is 11. The van der Waals surface area contributed by atoms with Gasteiger partial charge in [0.15, 0.2) is 0 Å². The molecular weight excluding hydrogens is 892 g/mol. The first-order valence-corrected chi connectivity index (χ1v) is 24.2. The zero-order chi connectivity index (χ0) is 47.5. The number of carbonyl (C=O) groups excluding carboxylic acids is 4. The van der Waals surface area contributed by atoms with Gasteiger partial charge in [0.2, 0.25) is 18.0 Å². The van der Waals surface area contributed by atoms with Crippen LogP contribution in [-0.2, 0) is 19.1 Å². The largest absolute Gasteiger partial charge is 0.464 e. The molecule has 1 aliphatic carbocycles. The van der Waals surface area contributed by atoms with Crippen LogP contribution in [0.3, 0.4) is 0 Å². The molecule has 10 rings (SSSR count). The number of fused-ring (bicyclic) bond motifs is 5. The van der Waals surface area contributed by atoms with E-state index in [-0.39, 0.29) is 35.7 Å². The van der Waals surface area contributed by atoms with Crippen LogP contribution in [0, 0.1) is 17.7 Å². The normalized spacial score (nSPS) is 19.8. The van der Waals surface area contributed by atoms with E-state index in [1.807, 2.05) is 68.8 Å². The number of halogens is 1. The highest BCUT2D eigenvalue weighted by molar-refractivity contribution is 7.11. The summed E-state index contributed by atoms with van der Waals surface area (Å²) in [4.78, 5) is 77.5. The Labute approximate surface area is 396 Å². The van der Waals surface area contributed by atoms with E-state index >= 15 is 4.39 Å². The quantitative estimate of drug-likeness (QED) is 0.0921. The number of amides is 4. The maximum Gasteiger partial charge on any atom is 0.407 e. The predicted octanol–water partition coefficient (Wildman–Crippen LogP) is 8.59. The Bertz CT molecular complexity index is 2920. The zero-order valence-corrected chi connectivity index (χ0v) is 39.6. The minimum Gasteiger partial charge on any atom is -0.464 e. The van der Waals surface area contributed by atoms with Crippen LogP contribution in [0.1, 0.15) is 112 Å². The molecule has 68 heavy (non-hydrogen) atoms. The summed E-state index contributed by atoms with van der Waals surface area (Å²) in [6, 6.07) is 9.18. The van der Waals surface area contributed by atoms with Crippen LogP contribution >= 0.6 is 11.3 Å². The molecule has 5 atom stereocenters. The molecule has 3 aliphatic heterocycles. The minimum atomic E-state index is -0.772. The van der Waals surface area contributed by atoms with Crippen LogP contribution in [0.4, 0.5) is 14.0 Å². The van der Waals surface area contributed by atoms with Crippen LogP contribution in [0.25, 0.3) is 44.7 Å². The van der Waals surface area contributed by atoms with Crippen molar-refractivity contribution in [2.75, 3.05) is 27.3 Å². The summed E-state index contributed by atoms with van der Waals surface area (Å²) in [7, 11) is 2.55. The molecule has 4 aromatic heterocycles. The number of hydrogen-bond donors (Lipinski definition) is 4. The Morgan fingerprint density at radius 1 is 0.824 bits per heavy atom. The highest BCUT2D eigenvalue weighted by atomic mass is 32.1. The van der Waals surface area contributed by atoms with E-state index in [4.69, 9.17) is 29.2 Å². The molecule has 4 N–H and O–H groups in total. The second-order valence-corrected chi connectivity index (χ2v) is 19.9. The van der Waals surface area contributed by atoms with Crippen LogP contribution in [0.15, 0.2) is 55.0 Å². The van der Waals surface area contributed by atoms with Crippen molar-refractivity contribution in [3.05, 3.63) is 82.3 Å². The van der Waals surface area contributed by atoms with Gasteiger partial charge in [0.25, 0.3) is 0 Å². The predicted molar refractivity (Wildman–Crippen MR) is 251 cm³/mol. The van der Waals surface area contributed by atoms with Gasteiger partial charge in [0.1, 0.15) is 35.3 Å². The molecule has 1 unspecified atom stereocenters. The Kier molecular flexibility index (Phi) is 12.0. The van der Waals surface area contributed by atoms with Gasteiger partial charge in [0.05, 0.1) is 70.5 Å². The summed E-state index contributed by atoms with van der Waals surface area (Å²) in [6.07, 6.45) is 8.57. The molecule has 356 valence electrons. The number of alkyl carbamates (subject to hydrolysis) is 2. The van der Waals surface area contributed by atoms with Crippen molar-refractivity contribution in [3.63, 3.8) is 0 Å². The lowest BCUT2D eigenvalue weighted by molar-refractivity contribution is -0.136. The molecule has 4 aliphatic rings. The van der Waals surface area contributed by atoms with Crippen molar-refractivity contribution in [2.24, 2.45) is 11.8 Å². The number of thiazole rings is 1. The van der Waals surface area contributed by atoms with Crippen LogP contribution in [-0.4, -0.2) is 103 Å². The molecule has 3 fully saturated rings. The summed E-state index contributed by atoms with van der Waals surface area (Å²) in [6.45, 7) is 8.56. The Hall–Kier alpha value is -6.76. The topological polar surface area (TPSA) is 202 Å². The number of likely N-dealkylation sites (tertiary alicyclic amines) is 2. The molecule has 2 aromatic carbocycles. The highest BCUT2D eigenvalue weighted by Crippen LogP contribution is 2.50. The first-order chi connectivity index (χ1) is 32.8. The summed E-state index contributed by atoms with van der Waals surface area (Å²) < 4.78 is 35.4. The van der Waals surface area contributed by atoms with E-state index in [2.05, 4.69) is 20.6 Å². The molecule has 4 amide bonds. The number of imidazole rings is 2. The van der Waals surface area contributed by atoms with Gasteiger partial charge in [-0.25, -0.2) is 28.9 Å². The number of aromatic nitrogens is 6. The minimum absolute atomic E-state index is 0.153. The van der Waals surface area contributed by atoms with E-state index in [1.165, 1.54) is 20.3 Å². The first kappa shape index (κ1) is 45.0. The summed E-state index contributed by atoms with van der Waals surface area (Å²) >= 11 is 1.62. The van der Waals surface area contributed by atoms with Crippen LogP contribution in [0.5, 0.6) is 5.75 Å². The SMILES string of the molecule is COC(=O)N[C@H](C(=O)N1CCC[C@H]1c1nc(-c2cc(F)c3c(c2)OC(c2cnc(C4CC4)s2)n2c-3cc3cc(-c4cnc([C@@H]5CCCN5C(=O)[C@@H](NC(=O)OC)C(C)C)[nH]4)ccc32)c[nH]1)C(C)C. The second kappa shape index (κ2) is 18.0. The van der Waals surface area contributed by atoms with Gasteiger partial charge >= 0.3 is 12.2 Å². The fraction of sp³-hybridized carbons (Fsp3) is 0.449. The van der Waals surface area contributed by atoms with E-state index in [1.54, 1.807) is 33.5 Å². The van der Waals surface area contributed by atoms with E-state index in [0.717, 1.165) is 64.1 Å². The fourth-order valence-electron chi connectivity index (χ4n) is 9.91. The van der Waals surface area contributed by atoms with Gasteiger partial charge < -0.3 is 44.6 Å². The van der Waals surface area contributed by atoms with E-state index in [9.17, 15) is 19.2 Å². The molecule has 2 saturated heterocycles. The lowest BCUT2D eigenvalue weighted by atomic mass is 10.0. The van der Waals surface area contributed by atoms with Gasteiger partial charge in [-0.2, -0.15) is 0 Å². The smallest absolute Gasteiger partial charge is 0.407 e. The molecule has 0 spiro atoms. The Morgan fingerprint density at radius 3 is 2.12 bits per heavy atom. The van der Waals surface area contributed by atoms with Gasteiger partial charge in [-0.05, 0) is 80.7 Å². The van der Waals surface area contributed by atoms with E-state index in [0.29, 0.717) is 65.3 Å². The number of methoxy groups -OCH3 is 2. The molecule has 19 heteroatoms. The molecule has 1 saturated carbocycles. The summed E-state index contributed by atoms with van der Waals surface area (Å²) in [5.74, 6) is 0.837. The van der Waals surface area contributed by atoms with Gasteiger partial charge in [0, 0.05) is 47.9 Å². The van der Waals surface area contributed by atoms with Crippen molar-refractivity contribution in [1.82, 2.24) is 49.9 Å². The zero-order valence-electron chi connectivity index (χ0n) is 38.8. The van der Waals surface area contributed by atoms with Crippen LogP contribution in [0.2, 0.25) is 0 Å². The number of nitrogens with zero attached hydrogens (tertiary/aromatic N) is 6. The third kappa shape index (κ3) is 8.23. The monoisotopic (exact) mass is 946 g/mol. The second-order valence-electron chi connectivity index (χ2n) is 18.8. The molecular formula is C49H55FN10O7S. The third-order valence-corrected chi connectivity index (χ3v) is 14.8. The molecule has 7 heterocycles. The third-order valence-electron chi connectivity index (χ3n) is 13.6. The van der Waals surface area contributed by atoms with Crippen LogP contribution < -0.4 is 15.4 Å². The average Bonchev–Trinajstić information content (AvgIpc) is 4.05. The molecule has 6 aromatic rings. The molecule has 0 radical (unpaired) electrons.